The highest BCUT2D eigenvalue weighted by molar-refractivity contribution is 5.87. The van der Waals surface area contributed by atoms with Crippen molar-refractivity contribution in [2.45, 2.75) is 25.3 Å². The van der Waals surface area contributed by atoms with Crippen molar-refractivity contribution in [2.75, 3.05) is 11.9 Å². The van der Waals surface area contributed by atoms with Crippen molar-refractivity contribution in [1.29, 1.82) is 0 Å². The van der Waals surface area contributed by atoms with Gasteiger partial charge in [0.15, 0.2) is 0 Å². The van der Waals surface area contributed by atoms with E-state index in [1.807, 2.05) is 30.5 Å². The van der Waals surface area contributed by atoms with Gasteiger partial charge in [0.1, 0.15) is 5.78 Å². The van der Waals surface area contributed by atoms with Gasteiger partial charge in [-0.15, -0.1) is 0 Å². The molecule has 4 heteroatoms. The average molecular weight is 333 g/mol. The minimum absolute atomic E-state index is 0.150. The number of ketones is 1. The lowest BCUT2D eigenvalue weighted by Gasteiger charge is -2.29. The molecule has 2 aromatic carbocycles. The fourth-order valence-electron chi connectivity index (χ4n) is 3.75. The van der Waals surface area contributed by atoms with Crippen LogP contribution in [-0.4, -0.2) is 23.4 Å². The molecule has 0 aliphatic carbocycles. The Morgan fingerprint density at radius 1 is 1.16 bits per heavy atom. The van der Waals surface area contributed by atoms with Gasteiger partial charge in [0, 0.05) is 41.7 Å². The van der Waals surface area contributed by atoms with Crippen molar-refractivity contribution in [1.82, 2.24) is 4.98 Å². The summed E-state index contributed by atoms with van der Waals surface area (Å²) in [4.78, 5) is 15.9. The fraction of sp³-hybridized carbons (Fsp3) is 0.286. The number of aromatic nitrogens is 1. The Labute approximate surface area is 147 Å². The number of anilines is 1. The smallest absolute Gasteiger partial charge is 0.150 e. The van der Waals surface area contributed by atoms with E-state index in [0.717, 1.165) is 30.6 Å². The predicted molar refractivity (Wildman–Crippen MR) is 102 cm³/mol. The van der Waals surface area contributed by atoms with Gasteiger partial charge < -0.3 is 16.0 Å². The Kier molecular flexibility index (Phi) is 4.28. The zero-order chi connectivity index (χ0) is 17.2. The number of aromatic amines is 1. The molecule has 2 unspecified atom stereocenters. The Hall–Kier alpha value is -2.59. The zero-order valence-electron chi connectivity index (χ0n) is 14.2. The Bertz CT molecular complexity index is 899. The highest BCUT2D eigenvalue weighted by Gasteiger charge is 2.28. The lowest BCUT2D eigenvalue weighted by molar-refractivity contribution is -0.121. The largest absolute Gasteiger partial charge is 0.384 e. The van der Waals surface area contributed by atoms with Gasteiger partial charge in [-0.25, -0.2) is 0 Å². The monoisotopic (exact) mass is 333 g/mol. The van der Waals surface area contributed by atoms with Gasteiger partial charge in [0.25, 0.3) is 0 Å². The van der Waals surface area contributed by atoms with Crippen LogP contribution in [0, 0.1) is 5.92 Å². The van der Waals surface area contributed by atoms with E-state index in [1.54, 1.807) is 0 Å². The molecule has 0 spiro atoms. The lowest BCUT2D eigenvalue weighted by atomic mass is 9.85. The van der Waals surface area contributed by atoms with Gasteiger partial charge in [-0.05, 0) is 36.1 Å². The number of rotatable bonds is 5. The van der Waals surface area contributed by atoms with Crippen molar-refractivity contribution < 1.29 is 4.79 Å². The third-order valence-electron chi connectivity index (χ3n) is 5.25. The summed E-state index contributed by atoms with van der Waals surface area (Å²) in [6.45, 7) is 0.761. The van der Waals surface area contributed by atoms with Crippen LogP contribution >= 0.6 is 0 Å². The minimum atomic E-state index is -0.411. The zero-order valence-corrected chi connectivity index (χ0v) is 14.2. The van der Waals surface area contributed by atoms with Gasteiger partial charge in [0.2, 0.25) is 0 Å². The number of hydrogen-bond donors (Lipinski definition) is 3. The second-order valence-electron chi connectivity index (χ2n) is 6.85. The van der Waals surface area contributed by atoms with Gasteiger partial charge in [-0.1, -0.05) is 36.4 Å². The lowest BCUT2D eigenvalue weighted by Crippen LogP contribution is -2.44. The molecule has 3 aromatic rings. The highest BCUT2D eigenvalue weighted by Crippen LogP contribution is 2.26. The summed E-state index contributed by atoms with van der Waals surface area (Å²) in [6, 6.07) is 16.0. The van der Waals surface area contributed by atoms with Crippen molar-refractivity contribution in [3.8, 4) is 0 Å². The number of nitrogens with two attached hydrogens (primary N) is 1. The molecule has 0 saturated heterocycles. The molecule has 0 fully saturated rings. The SMILES string of the molecule is NC(C(=O)CCc1c[nH]c2ccccc12)C1CNc2ccccc2C1. The predicted octanol–water partition coefficient (Wildman–Crippen LogP) is 3.28. The molecule has 128 valence electrons. The third kappa shape index (κ3) is 3.17. The molecule has 1 aliphatic heterocycles. The number of Topliss-reactive ketones (excluding diaryl/α,β-unsaturated/α-hetero) is 1. The molecule has 0 radical (unpaired) electrons. The topological polar surface area (TPSA) is 70.9 Å². The molecule has 2 atom stereocenters. The van der Waals surface area contributed by atoms with Gasteiger partial charge in [-0.2, -0.15) is 0 Å². The summed E-state index contributed by atoms with van der Waals surface area (Å²) < 4.78 is 0. The number of carbonyl (C=O) groups is 1. The van der Waals surface area contributed by atoms with Gasteiger partial charge in [-0.3, -0.25) is 4.79 Å². The van der Waals surface area contributed by atoms with E-state index in [9.17, 15) is 4.79 Å². The molecule has 4 N–H and O–H groups in total. The van der Waals surface area contributed by atoms with Crippen LogP contribution < -0.4 is 11.1 Å². The number of aryl methyl sites for hydroxylation is 1. The quantitative estimate of drug-likeness (QED) is 0.671. The van der Waals surface area contributed by atoms with Crippen molar-refractivity contribution >= 4 is 22.4 Å². The van der Waals surface area contributed by atoms with Crippen molar-refractivity contribution in [2.24, 2.45) is 11.7 Å². The van der Waals surface area contributed by atoms with Crippen LogP contribution in [0.15, 0.2) is 54.7 Å². The van der Waals surface area contributed by atoms with Crippen LogP contribution in [0.25, 0.3) is 10.9 Å². The van der Waals surface area contributed by atoms with Crippen LogP contribution in [0.3, 0.4) is 0 Å². The molecular formula is C21H23N3O. The second-order valence-corrected chi connectivity index (χ2v) is 6.85. The van der Waals surface area contributed by atoms with Crippen molar-refractivity contribution in [3.05, 3.63) is 65.9 Å². The molecule has 1 aromatic heterocycles. The van der Waals surface area contributed by atoms with Crippen LogP contribution in [0.1, 0.15) is 17.5 Å². The molecule has 1 aliphatic rings. The highest BCUT2D eigenvalue weighted by atomic mass is 16.1. The van der Waals surface area contributed by atoms with Crippen LogP contribution in [0.5, 0.6) is 0 Å². The van der Waals surface area contributed by atoms with E-state index in [4.69, 9.17) is 5.73 Å². The van der Waals surface area contributed by atoms with Gasteiger partial charge in [0.05, 0.1) is 6.04 Å². The average Bonchev–Trinajstić information content (AvgIpc) is 3.08. The van der Waals surface area contributed by atoms with Crippen LogP contribution in [-0.2, 0) is 17.6 Å². The van der Waals surface area contributed by atoms with Crippen molar-refractivity contribution in [3.63, 3.8) is 0 Å². The third-order valence-corrected chi connectivity index (χ3v) is 5.25. The number of carbonyl (C=O) groups excluding carboxylic acids is 1. The maximum absolute atomic E-state index is 12.6. The Morgan fingerprint density at radius 2 is 1.96 bits per heavy atom. The van der Waals surface area contributed by atoms with E-state index >= 15 is 0 Å². The molecule has 4 rings (SSSR count). The van der Waals surface area contributed by atoms with E-state index in [2.05, 4.69) is 34.6 Å². The normalized spacial score (nSPS) is 17.7. The molecule has 25 heavy (non-hydrogen) atoms. The first kappa shape index (κ1) is 15.9. The molecule has 0 amide bonds. The Balaban J connectivity index is 1.40. The fourth-order valence-corrected chi connectivity index (χ4v) is 3.75. The molecular weight excluding hydrogens is 310 g/mol. The maximum atomic E-state index is 12.6. The first-order valence-electron chi connectivity index (χ1n) is 8.87. The number of nitrogens with one attached hydrogen (secondary N) is 2. The summed E-state index contributed by atoms with van der Waals surface area (Å²) in [5.74, 6) is 0.307. The first-order valence-corrected chi connectivity index (χ1v) is 8.87. The molecule has 2 heterocycles. The first-order chi connectivity index (χ1) is 12.2. The number of hydrogen-bond acceptors (Lipinski definition) is 3. The minimum Gasteiger partial charge on any atom is -0.384 e. The number of benzene rings is 2. The number of para-hydroxylation sites is 2. The second kappa shape index (κ2) is 6.73. The summed E-state index contributed by atoms with van der Waals surface area (Å²) in [6.07, 6.45) is 4.08. The summed E-state index contributed by atoms with van der Waals surface area (Å²) in [5, 5.41) is 4.60. The standard InChI is InChI=1S/C21H23N3O/c22-21(16-11-14-5-1-3-7-18(14)23-13-16)20(25)10-9-15-12-24-19-8-4-2-6-17(15)19/h1-8,12,16,21,23-24H,9-11,13,22H2. The number of fused-ring (bicyclic) bond motifs is 2. The van der Waals surface area contributed by atoms with E-state index in [-0.39, 0.29) is 11.7 Å². The van der Waals surface area contributed by atoms with E-state index in [1.165, 1.54) is 16.5 Å². The van der Waals surface area contributed by atoms with Crippen LogP contribution in [0.2, 0.25) is 0 Å². The number of H-pyrrole nitrogens is 1. The Morgan fingerprint density at radius 3 is 2.88 bits per heavy atom. The summed E-state index contributed by atoms with van der Waals surface area (Å²) in [5.41, 5.74) is 11.0. The summed E-state index contributed by atoms with van der Waals surface area (Å²) >= 11 is 0. The van der Waals surface area contributed by atoms with E-state index in [0.29, 0.717) is 6.42 Å². The molecule has 4 nitrogen and oxygen atoms in total. The molecule has 0 bridgehead atoms. The maximum Gasteiger partial charge on any atom is 0.150 e. The summed E-state index contributed by atoms with van der Waals surface area (Å²) in [7, 11) is 0. The van der Waals surface area contributed by atoms with E-state index < -0.39 is 6.04 Å². The van der Waals surface area contributed by atoms with Crippen LogP contribution in [0.4, 0.5) is 5.69 Å². The van der Waals surface area contributed by atoms with Gasteiger partial charge >= 0.3 is 0 Å². The molecule has 0 saturated carbocycles.